The maximum atomic E-state index is 11.9. The van der Waals surface area contributed by atoms with Crippen molar-refractivity contribution in [2.75, 3.05) is 10.6 Å². The van der Waals surface area contributed by atoms with Gasteiger partial charge in [-0.15, -0.1) is 0 Å². The van der Waals surface area contributed by atoms with Gasteiger partial charge in [-0.05, 0) is 48.5 Å². The first kappa shape index (κ1) is 16.2. The number of benzene rings is 2. The van der Waals surface area contributed by atoms with E-state index in [1.54, 1.807) is 42.5 Å². The topological polar surface area (TPSA) is 80.3 Å². The third kappa shape index (κ3) is 4.65. The van der Waals surface area contributed by atoms with Gasteiger partial charge in [0.1, 0.15) is 17.3 Å². The number of carbonyl (C=O) groups excluding carboxylic acids is 2. The molecule has 25 heavy (non-hydrogen) atoms. The lowest BCUT2D eigenvalue weighted by molar-refractivity contribution is -0.133. The van der Waals surface area contributed by atoms with Crippen LogP contribution in [0.4, 0.5) is 11.5 Å². The van der Waals surface area contributed by atoms with E-state index in [1.807, 2.05) is 30.3 Å². The van der Waals surface area contributed by atoms with Gasteiger partial charge >= 0.3 is 11.8 Å². The molecule has 0 saturated heterocycles. The molecule has 0 atom stereocenters. The number of pyridine rings is 1. The standard InChI is InChI=1S/C19H15N3O3/c23-18(19(24)22-17-8-4-5-13-20-17)21-14-9-11-16(12-10-14)25-15-6-2-1-3-7-15/h1-13H,(H,21,23)(H,20,22,24). The van der Waals surface area contributed by atoms with Crippen molar-refractivity contribution in [2.24, 2.45) is 0 Å². The van der Waals surface area contributed by atoms with Crippen LogP contribution in [0.1, 0.15) is 0 Å². The zero-order chi connectivity index (χ0) is 17.5. The molecule has 0 aliphatic carbocycles. The molecule has 1 heterocycles. The number of nitrogens with one attached hydrogen (secondary N) is 2. The predicted molar refractivity (Wildman–Crippen MR) is 94.5 cm³/mol. The molecule has 0 fully saturated rings. The maximum absolute atomic E-state index is 11.9. The van der Waals surface area contributed by atoms with Crippen LogP contribution in [-0.4, -0.2) is 16.8 Å². The monoisotopic (exact) mass is 333 g/mol. The Kier molecular flexibility index (Phi) is 5.01. The van der Waals surface area contributed by atoms with Crippen molar-refractivity contribution in [3.05, 3.63) is 79.0 Å². The van der Waals surface area contributed by atoms with Crippen molar-refractivity contribution in [3.8, 4) is 11.5 Å². The first-order valence-corrected chi connectivity index (χ1v) is 7.57. The Labute approximate surface area is 144 Å². The molecular formula is C19H15N3O3. The number of nitrogens with zero attached hydrogens (tertiary/aromatic N) is 1. The number of hydrogen-bond acceptors (Lipinski definition) is 4. The minimum absolute atomic E-state index is 0.314. The lowest BCUT2D eigenvalue weighted by Gasteiger charge is -2.08. The van der Waals surface area contributed by atoms with Crippen molar-refractivity contribution >= 4 is 23.3 Å². The van der Waals surface area contributed by atoms with E-state index >= 15 is 0 Å². The fourth-order valence-corrected chi connectivity index (χ4v) is 2.03. The summed E-state index contributed by atoms with van der Waals surface area (Å²) < 4.78 is 5.66. The fraction of sp³-hybridized carbons (Fsp3) is 0. The lowest BCUT2D eigenvalue weighted by atomic mass is 10.3. The van der Waals surface area contributed by atoms with Gasteiger partial charge in [0.2, 0.25) is 0 Å². The molecule has 0 bridgehead atoms. The summed E-state index contributed by atoms with van der Waals surface area (Å²) in [5.41, 5.74) is 0.488. The van der Waals surface area contributed by atoms with Crippen LogP contribution in [0.5, 0.6) is 11.5 Å². The molecule has 2 N–H and O–H groups in total. The SMILES string of the molecule is O=C(Nc1ccc(Oc2ccccc2)cc1)C(=O)Nc1ccccn1. The summed E-state index contributed by atoms with van der Waals surface area (Å²) in [6, 6.07) is 21.1. The molecule has 0 aliphatic heterocycles. The molecule has 3 rings (SSSR count). The van der Waals surface area contributed by atoms with E-state index < -0.39 is 11.8 Å². The van der Waals surface area contributed by atoms with Gasteiger partial charge in [-0.3, -0.25) is 9.59 Å². The summed E-state index contributed by atoms with van der Waals surface area (Å²) in [6.45, 7) is 0. The van der Waals surface area contributed by atoms with Crippen LogP contribution in [0.3, 0.4) is 0 Å². The van der Waals surface area contributed by atoms with Crippen molar-refractivity contribution in [1.82, 2.24) is 4.98 Å². The Morgan fingerprint density at radius 1 is 0.720 bits per heavy atom. The van der Waals surface area contributed by atoms with Crippen LogP contribution in [0.25, 0.3) is 0 Å². The summed E-state index contributed by atoms with van der Waals surface area (Å²) in [6.07, 6.45) is 1.53. The number of rotatable bonds is 4. The molecule has 0 radical (unpaired) electrons. The molecule has 124 valence electrons. The molecule has 0 saturated carbocycles. The van der Waals surface area contributed by atoms with Gasteiger partial charge in [-0.25, -0.2) is 4.98 Å². The zero-order valence-electron chi connectivity index (χ0n) is 13.2. The highest BCUT2D eigenvalue weighted by atomic mass is 16.5. The molecular weight excluding hydrogens is 318 g/mol. The van der Waals surface area contributed by atoms with Gasteiger partial charge in [0, 0.05) is 11.9 Å². The lowest BCUT2D eigenvalue weighted by Crippen LogP contribution is -2.29. The first-order valence-electron chi connectivity index (χ1n) is 7.57. The Morgan fingerprint density at radius 3 is 2.04 bits per heavy atom. The third-order valence-electron chi connectivity index (χ3n) is 3.20. The number of carbonyl (C=O) groups is 2. The number of ether oxygens (including phenoxy) is 1. The number of para-hydroxylation sites is 1. The van der Waals surface area contributed by atoms with Crippen LogP contribution in [0, 0.1) is 0 Å². The van der Waals surface area contributed by atoms with Crippen LogP contribution < -0.4 is 15.4 Å². The minimum Gasteiger partial charge on any atom is -0.457 e. The second-order valence-corrected chi connectivity index (χ2v) is 5.06. The summed E-state index contributed by atoms with van der Waals surface area (Å²) in [4.78, 5) is 27.7. The largest absolute Gasteiger partial charge is 0.457 e. The molecule has 0 unspecified atom stereocenters. The van der Waals surface area contributed by atoms with E-state index in [4.69, 9.17) is 4.74 Å². The van der Waals surface area contributed by atoms with Crippen LogP contribution >= 0.6 is 0 Å². The Bertz CT molecular complexity index is 850. The summed E-state index contributed by atoms with van der Waals surface area (Å²) >= 11 is 0. The van der Waals surface area contributed by atoms with Crippen molar-refractivity contribution < 1.29 is 14.3 Å². The van der Waals surface area contributed by atoms with E-state index in [1.165, 1.54) is 6.20 Å². The van der Waals surface area contributed by atoms with Crippen LogP contribution in [0.2, 0.25) is 0 Å². The predicted octanol–water partition coefficient (Wildman–Crippen LogP) is 3.45. The van der Waals surface area contributed by atoms with Gasteiger partial charge in [0.15, 0.2) is 0 Å². The van der Waals surface area contributed by atoms with Crippen molar-refractivity contribution in [1.29, 1.82) is 0 Å². The molecule has 6 nitrogen and oxygen atoms in total. The number of hydrogen-bond donors (Lipinski definition) is 2. The highest BCUT2D eigenvalue weighted by molar-refractivity contribution is 6.43. The highest BCUT2D eigenvalue weighted by Gasteiger charge is 2.14. The normalized spacial score (nSPS) is 9.92. The highest BCUT2D eigenvalue weighted by Crippen LogP contribution is 2.22. The Morgan fingerprint density at radius 2 is 1.36 bits per heavy atom. The second kappa shape index (κ2) is 7.74. The third-order valence-corrected chi connectivity index (χ3v) is 3.20. The molecule has 3 aromatic rings. The van der Waals surface area contributed by atoms with Crippen LogP contribution in [0.15, 0.2) is 79.0 Å². The van der Waals surface area contributed by atoms with Crippen LogP contribution in [-0.2, 0) is 9.59 Å². The van der Waals surface area contributed by atoms with E-state index in [-0.39, 0.29) is 0 Å². The van der Waals surface area contributed by atoms with Gasteiger partial charge in [0.25, 0.3) is 0 Å². The Balaban J connectivity index is 1.57. The average Bonchev–Trinajstić information content (AvgIpc) is 2.65. The van der Waals surface area contributed by atoms with E-state index in [9.17, 15) is 9.59 Å². The average molecular weight is 333 g/mol. The maximum Gasteiger partial charge on any atom is 0.315 e. The zero-order valence-corrected chi connectivity index (χ0v) is 13.2. The fourth-order valence-electron chi connectivity index (χ4n) is 2.03. The number of anilines is 2. The smallest absolute Gasteiger partial charge is 0.315 e. The molecule has 1 aromatic heterocycles. The Hall–Kier alpha value is -3.67. The molecule has 0 aliphatic rings. The summed E-state index contributed by atoms with van der Waals surface area (Å²) in [5, 5.41) is 4.94. The quantitative estimate of drug-likeness (QED) is 0.717. The number of amides is 2. The molecule has 2 aromatic carbocycles. The van der Waals surface area contributed by atoms with Crippen molar-refractivity contribution in [2.45, 2.75) is 0 Å². The first-order chi connectivity index (χ1) is 12.2. The number of aromatic nitrogens is 1. The second-order valence-electron chi connectivity index (χ2n) is 5.06. The molecule has 6 heteroatoms. The molecule has 0 spiro atoms. The summed E-state index contributed by atoms with van der Waals surface area (Å²) in [5.74, 6) is 0.0936. The minimum atomic E-state index is -0.789. The van der Waals surface area contributed by atoms with Gasteiger partial charge in [0.05, 0.1) is 0 Å². The molecule has 2 amide bonds. The van der Waals surface area contributed by atoms with Gasteiger partial charge in [-0.2, -0.15) is 0 Å². The van der Waals surface area contributed by atoms with Gasteiger partial charge in [-0.1, -0.05) is 24.3 Å². The van der Waals surface area contributed by atoms with E-state index in [2.05, 4.69) is 15.6 Å². The van der Waals surface area contributed by atoms with E-state index in [0.717, 1.165) is 0 Å². The van der Waals surface area contributed by atoms with E-state index in [0.29, 0.717) is 23.0 Å². The summed E-state index contributed by atoms with van der Waals surface area (Å²) in [7, 11) is 0. The van der Waals surface area contributed by atoms with Crippen molar-refractivity contribution in [3.63, 3.8) is 0 Å². The van der Waals surface area contributed by atoms with Gasteiger partial charge < -0.3 is 15.4 Å².